The van der Waals surface area contributed by atoms with Crippen molar-refractivity contribution in [1.29, 1.82) is 0 Å². The van der Waals surface area contributed by atoms with Gasteiger partial charge in [0.25, 0.3) is 5.56 Å². The lowest BCUT2D eigenvalue weighted by atomic mass is 10.2. The number of pyridine rings is 1. The van der Waals surface area contributed by atoms with Crippen molar-refractivity contribution in [3.05, 3.63) is 56.5 Å². The van der Waals surface area contributed by atoms with Gasteiger partial charge in [0.2, 0.25) is 0 Å². The number of hydrogen-bond donors (Lipinski definition) is 3. The van der Waals surface area contributed by atoms with Gasteiger partial charge >= 0.3 is 0 Å². The molecule has 0 bridgehead atoms. The monoisotopic (exact) mass is 456 g/mol. The Kier molecular flexibility index (Phi) is 5.25. The molecular weight excluding hydrogens is 442 g/mol. The van der Waals surface area contributed by atoms with Crippen molar-refractivity contribution in [1.82, 2.24) is 14.8 Å². The van der Waals surface area contributed by atoms with Crippen LogP contribution < -0.4 is 10.9 Å². The molecule has 2 heterocycles. The minimum absolute atomic E-state index is 0.148. The molecule has 0 amide bonds. The van der Waals surface area contributed by atoms with Crippen molar-refractivity contribution in [2.24, 2.45) is 0 Å². The lowest BCUT2D eigenvalue weighted by Crippen LogP contribution is -2.30. The first-order valence-electron chi connectivity index (χ1n) is 7.34. The van der Waals surface area contributed by atoms with Crippen molar-refractivity contribution in [2.75, 3.05) is 11.9 Å². The Balaban J connectivity index is 2.08. The first kappa shape index (κ1) is 17.7. The lowest BCUT2D eigenvalue weighted by molar-refractivity contribution is 0.0771. The molecule has 0 radical (unpaired) electrons. The Morgan fingerprint density at radius 3 is 2.80 bits per heavy atom. The summed E-state index contributed by atoms with van der Waals surface area (Å²) in [5.41, 5.74) is 0.0749. The molecule has 1 atom stereocenters. The second-order valence-corrected chi connectivity index (χ2v) is 6.61. The molecule has 0 unspecified atom stereocenters. The molecule has 0 aliphatic rings. The van der Waals surface area contributed by atoms with Crippen molar-refractivity contribution in [3.63, 3.8) is 0 Å². The van der Waals surface area contributed by atoms with Crippen LogP contribution in [0, 0.1) is 9.39 Å². The van der Waals surface area contributed by atoms with Gasteiger partial charge in [-0.1, -0.05) is 0 Å². The molecule has 1 aromatic carbocycles. The predicted octanol–water partition coefficient (Wildman–Crippen LogP) is 1.63. The van der Waals surface area contributed by atoms with Crippen molar-refractivity contribution in [3.8, 4) is 0 Å². The SMILES string of the molecule is O=c1c2c(Nc3ccc(I)cc3F)cncc2cnn1C[C@H](O)CO. The molecular formula is C16H14FIN4O3. The molecule has 0 saturated carbocycles. The highest BCUT2D eigenvalue weighted by Crippen LogP contribution is 2.25. The molecule has 0 saturated heterocycles. The van der Waals surface area contributed by atoms with Crippen LogP contribution in [-0.4, -0.2) is 37.7 Å². The molecule has 0 aliphatic heterocycles. The van der Waals surface area contributed by atoms with Crippen LogP contribution >= 0.6 is 22.6 Å². The molecule has 3 N–H and O–H groups in total. The van der Waals surface area contributed by atoms with Crippen molar-refractivity contribution >= 4 is 44.7 Å². The Hall–Kier alpha value is -2.11. The molecule has 7 nitrogen and oxygen atoms in total. The fraction of sp³-hybridized carbons (Fsp3) is 0.188. The smallest absolute Gasteiger partial charge is 0.276 e. The number of aromatic nitrogens is 3. The summed E-state index contributed by atoms with van der Waals surface area (Å²) in [6.45, 7) is -0.633. The van der Waals surface area contributed by atoms with Gasteiger partial charge in [-0.05, 0) is 40.8 Å². The second-order valence-electron chi connectivity index (χ2n) is 5.37. The fourth-order valence-corrected chi connectivity index (χ4v) is 2.80. The van der Waals surface area contributed by atoms with E-state index in [0.29, 0.717) is 11.1 Å². The highest BCUT2D eigenvalue weighted by molar-refractivity contribution is 14.1. The molecule has 130 valence electrons. The minimum atomic E-state index is -1.10. The number of benzene rings is 1. The van der Waals surface area contributed by atoms with Crippen molar-refractivity contribution < 1.29 is 14.6 Å². The molecule has 3 aromatic rings. The highest BCUT2D eigenvalue weighted by atomic mass is 127. The summed E-state index contributed by atoms with van der Waals surface area (Å²) in [4.78, 5) is 16.7. The van der Waals surface area contributed by atoms with E-state index < -0.39 is 24.1 Å². The summed E-state index contributed by atoms with van der Waals surface area (Å²) in [7, 11) is 0. The summed E-state index contributed by atoms with van der Waals surface area (Å²) >= 11 is 2.01. The number of nitrogens with zero attached hydrogens (tertiary/aromatic N) is 3. The summed E-state index contributed by atoms with van der Waals surface area (Å²) in [5.74, 6) is -0.450. The topological polar surface area (TPSA) is 100 Å². The van der Waals surface area contributed by atoms with Crippen LogP contribution in [0.2, 0.25) is 0 Å². The van der Waals surface area contributed by atoms with E-state index >= 15 is 0 Å². The predicted molar refractivity (Wildman–Crippen MR) is 99.3 cm³/mol. The average Bonchev–Trinajstić information content (AvgIpc) is 2.59. The zero-order valence-corrected chi connectivity index (χ0v) is 15.0. The molecule has 2 aromatic heterocycles. The number of nitrogens with one attached hydrogen (secondary N) is 1. The molecule has 25 heavy (non-hydrogen) atoms. The first-order chi connectivity index (χ1) is 12.0. The highest BCUT2D eigenvalue weighted by Gasteiger charge is 2.13. The van der Waals surface area contributed by atoms with Crippen LogP contribution in [0.3, 0.4) is 0 Å². The normalized spacial score (nSPS) is 12.3. The maximum Gasteiger partial charge on any atom is 0.276 e. The van der Waals surface area contributed by atoms with Crippen molar-refractivity contribution in [2.45, 2.75) is 12.6 Å². The van der Waals surface area contributed by atoms with Crippen LogP contribution in [0.15, 0.2) is 41.6 Å². The summed E-state index contributed by atoms with van der Waals surface area (Å²) < 4.78 is 15.9. The molecule has 3 rings (SSSR count). The standard InChI is InChI=1S/C16H14FIN4O3/c17-12-3-10(18)1-2-13(12)21-14-6-19-4-9-5-20-22(7-11(24)8-23)16(25)15(9)14/h1-6,11,21,23-24H,7-8H2/t11-/m0/s1. The van der Waals surface area contributed by atoms with Crippen LogP contribution in [0.5, 0.6) is 0 Å². The van der Waals surface area contributed by atoms with Gasteiger partial charge in [0.1, 0.15) is 5.82 Å². The Labute approximate surface area is 155 Å². The van der Waals surface area contributed by atoms with Gasteiger partial charge in [0, 0.05) is 15.2 Å². The first-order valence-corrected chi connectivity index (χ1v) is 8.42. The van der Waals surface area contributed by atoms with Gasteiger partial charge < -0.3 is 15.5 Å². The van der Waals surface area contributed by atoms with Crippen LogP contribution in [0.25, 0.3) is 10.8 Å². The zero-order valence-electron chi connectivity index (χ0n) is 12.9. The Bertz CT molecular complexity index is 979. The van der Waals surface area contributed by atoms with E-state index in [4.69, 9.17) is 5.11 Å². The number of fused-ring (bicyclic) bond motifs is 1. The van der Waals surface area contributed by atoms with Gasteiger partial charge in [0.05, 0.1) is 48.4 Å². The number of halogens is 2. The van der Waals surface area contributed by atoms with Gasteiger partial charge in [-0.2, -0.15) is 5.10 Å². The third kappa shape index (κ3) is 3.78. The minimum Gasteiger partial charge on any atom is -0.394 e. The lowest BCUT2D eigenvalue weighted by Gasteiger charge is -2.13. The van der Waals surface area contributed by atoms with Gasteiger partial charge in [0.15, 0.2) is 0 Å². The van der Waals surface area contributed by atoms with E-state index in [9.17, 15) is 14.3 Å². The molecule has 0 spiro atoms. The second kappa shape index (κ2) is 7.42. The third-order valence-corrected chi connectivity index (χ3v) is 4.23. The number of aliphatic hydroxyl groups excluding tert-OH is 2. The van der Waals surface area contributed by atoms with Gasteiger partial charge in [-0.25, -0.2) is 9.07 Å². The van der Waals surface area contributed by atoms with E-state index in [1.165, 1.54) is 24.7 Å². The maximum atomic E-state index is 14.1. The third-order valence-electron chi connectivity index (χ3n) is 3.55. The fourth-order valence-electron chi connectivity index (χ4n) is 2.34. The number of rotatable bonds is 5. The van der Waals surface area contributed by atoms with E-state index in [2.05, 4.69) is 15.4 Å². The van der Waals surface area contributed by atoms with E-state index in [1.807, 2.05) is 22.6 Å². The molecule has 0 aliphatic carbocycles. The van der Waals surface area contributed by atoms with E-state index in [-0.39, 0.29) is 17.6 Å². The van der Waals surface area contributed by atoms with E-state index in [1.54, 1.807) is 12.1 Å². The van der Waals surface area contributed by atoms with E-state index in [0.717, 1.165) is 8.25 Å². The van der Waals surface area contributed by atoms with Crippen LogP contribution in [0.4, 0.5) is 15.8 Å². The van der Waals surface area contributed by atoms with Crippen LogP contribution in [-0.2, 0) is 6.54 Å². The average molecular weight is 456 g/mol. The summed E-state index contributed by atoms with van der Waals surface area (Å²) in [5, 5.41) is 26.1. The number of aliphatic hydroxyl groups is 2. The quantitative estimate of drug-likeness (QED) is 0.505. The summed E-state index contributed by atoms with van der Waals surface area (Å²) in [6.07, 6.45) is 3.23. The van der Waals surface area contributed by atoms with Gasteiger partial charge in [-0.15, -0.1) is 0 Å². The largest absolute Gasteiger partial charge is 0.394 e. The van der Waals surface area contributed by atoms with Crippen LogP contribution in [0.1, 0.15) is 0 Å². The number of hydrogen-bond acceptors (Lipinski definition) is 6. The summed E-state index contributed by atoms with van der Waals surface area (Å²) in [6, 6.07) is 4.69. The number of anilines is 2. The zero-order chi connectivity index (χ0) is 18.0. The molecule has 9 heteroatoms. The maximum absolute atomic E-state index is 14.1. The van der Waals surface area contributed by atoms with Gasteiger partial charge in [-0.3, -0.25) is 9.78 Å². The molecule has 0 fully saturated rings. The Morgan fingerprint density at radius 1 is 1.28 bits per heavy atom. The Morgan fingerprint density at radius 2 is 2.08 bits per heavy atom.